The zero-order valence-corrected chi connectivity index (χ0v) is 40.8. The second kappa shape index (κ2) is 17.4. The number of benzene rings is 3. The molecule has 0 aromatic heterocycles. The van der Waals surface area contributed by atoms with Crippen LogP contribution in [0.3, 0.4) is 0 Å². The predicted octanol–water partition coefficient (Wildman–Crippen LogP) is 7.68. The van der Waals surface area contributed by atoms with Gasteiger partial charge in [-0.25, -0.2) is 9.59 Å². The fourth-order valence-electron chi connectivity index (χ4n) is 10.6. The fraction of sp³-hybridized carbons (Fsp3) is 0.500. The van der Waals surface area contributed by atoms with Gasteiger partial charge in [-0.2, -0.15) is 0 Å². The Morgan fingerprint density at radius 2 is 1.42 bits per heavy atom. The van der Waals surface area contributed by atoms with Crippen LogP contribution in [0.4, 0.5) is 0 Å². The molecule has 1 amide bonds. The summed E-state index contributed by atoms with van der Waals surface area (Å²) in [6.07, 6.45) is -5.45. The Morgan fingerprint density at radius 1 is 0.864 bits per heavy atom. The highest BCUT2D eigenvalue weighted by Gasteiger charge is 2.77. The van der Waals surface area contributed by atoms with E-state index in [2.05, 4.69) is 5.32 Å². The van der Waals surface area contributed by atoms with E-state index in [1.165, 1.54) is 6.92 Å². The molecule has 2 N–H and O–H groups in total. The molecule has 3 aromatic rings. The molecule has 1 heterocycles. The van der Waals surface area contributed by atoms with E-state index in [9.17, 15) is 19.5 Å². The molecule has 7 rings (SSSR count). The molecule has 3 fully saturated rings. The second-order valence-electron chi connectivity index (χ2n) is 20.9. The van der Waals surface area contributed by atoms with Crippen LogP contribution < -0.4 is 5.32 Å². The summed E-state index contributed by atoms with van der Waals surface area (Å²) in [5, 5.41) is 16.5. The monoisotopic (exact) mass is 921 g/mol. The molecule has 66 heavy (non-hydrogen) atoms. The molecule has 1 aliphatic heterocycles. The minimum atomic E-state index is -2.88. The molecule has 0 spiro atoms. The molecule has 10 atom stereocenters. The Bertz CT molecular complexity index is 2430. The summed E-state index contributed by atoms with van der Waals surface area (Å²) in [7, 11) is -2.88. The van der Waals surface area contributed by atoms with Gasteiger partial charge in [0.2, 0.25) is 11.6 Å². The zero-order valence-electron chi connectivity index (χ0n) is 39.8. The van der Waals surface area contributed by atoms with Crippen LogP contribution in [-0.2, 0) is 42.6 Å². The van der Waals surface area contributed by atoms with Crippen LogP contribution >= 0.6 is 0 Å². The van der Waals surface area contributed by atoms with Crippen molar-refractivity contribution in [3.8, 4) is 0 Å². The van der Waals surface area contributed by atoms with Gasteiger partial charge in [0.15, 0.2) is 20.0 Å². The first-order chi connectivity index (χ1) is 30.8. The number of esters is 3. The number of aliphatic hydroxyl groups is 1. The predicted molar refractivity (Wildman–Crippen MR) is 246 cm³/mol. The van der Waals surface area contributed by atoms with Crippen molar-refractivity contribution in [1.82, 2.24) is 5.32 Å². The van der Waals surface area contributed by atoms with Crippen LogP contribution in [0.15, 0.2) is 102 Å². The molecule has 3 aliphatic carbocycles. The third-order valence-electron chi connectivity index (χ3n) is 15.7. The summed E-state index contributed by atoms with van der Waals surface area (Å²) in [5.41, 5.74) is -5.97. The lowest BCUT2D eigenvalue weighted by Gasteiger charge is -2.67. The minimum absolute atomic E-state index is 0.0842. The smallest absolute Gasteiger partial charge is 0.338 e. The van der Waals surface area contributed by atoms with E-state index in [-0.39, 0.29) is 29.7 Å². The van der Waals surface area contributed by atoms with E-state index >= 15 is 14.4 Å². The van der Waals surface area contributed by atoms with Gasteiger partial charge in [0.25, 0.3) is 5.91 Å². The van der Waals surface area contributed by atoms with Crippen molar-refractivity contribution in [2.75, 3.05) is 6.61 Å². The number of nitrogens with one attached hydrogen (secondary N) is 1. The lowest BCUT2D eigenvalue weighted by molar-refractivity contribution is -0.338. The van der Waals surface area contributed by atoms with E-state index in [0.717, 1.165) is 0 Å². The molecular formula is C52H63NO12Si. The third kappa shape index (κ3) is 8.07. The molecular weight excluding hydrogens is 859 g/mol. The fourth-order valence-corrected chi connectivity index (χ4v) is 11.8. The van der Waals surface area contributed by atoms with Crippen molar-refractivity contribution in [1.29, 1.82) is 0 Å². The van der Waals surface area contributed by atoms with Crippen molar-refractivity contribution in [3.05, 3.63) is 119 Å². The lowest BCUT2D eigenvalue weighted by Crippen LogP contribution is -2.80. The number of hydrogen-bond donors (Lipinski definition) is 2. The van der Waals surface area contributed by atoms with Gasteiger partial charge in [-0.05, 0) is 72.8 Å². The largest absolute Gasteiger partial charge is 0.456 e. The van der Waals surface area contributed by atoms with Gasteiger partial charge in [-0.15, -0.1) is 0 Å². The van der Waals surface area contributed by atoms with Gasteiger partial charge in [0.1, 0.15) is 23.9 Å². The maximum absolute atomic E-state index is 15.3. The highest BCUT2D eigenvalue weighted by atomic mass is 28.4. The van der Waals surface area contributed by atoms with Crippen LogP contribution in [0.2, 0.25) is 18.1 Å². The number of Topliss-reactive ketones (excluding diaryl/α,β-unsaturated/α-hetero) is 2. The second-order valence-corrected chi connectivity index (χ2v) is 25.6. The number of ether oxygens (including phenoxy) is 4. The molecule has 0 radical (unpaired) electrons. The first-order valence-corrected chi connectivity index (χ1v) is 25.6. The molecule has 2 saturated carbocycles. The highest BCUT2D eigenvalue weighted by molar-refractivity contribution is 6.74. The van der Waals surface area contributed by atoms with Crippen LogP contribution in [0.1, 0.15) is 107 Å². The third-order valence-corrected chi connectivity index (χ3v) is 20.1. The average Bonchev–Trinajstić information content (AvgIpc) is 3.26. The summed E-state index contributed by atoms with van der Waals surface area (Å²) in [6.45, 7) is 19.3. The van der Waals surface area contributed by atoms with Crippen molar-refractivity contribution in [3.63, 3.8) is 0 Å². The molecule has 1 saturated heterocycles. The molecule has 2 bridgehead atoms. The normalized spacial score (nSPS) is 30.2. The molecule has 14 heteroatoms. The maximum Gasteiger partial charge on any atom is 0.338 e. The van der Waals surface area contributed by atoms with E-state index in [0.29, 0.717) is 11.1 Å². The van der Waals surface area contributed by atoms with Crippen molar-refractivity contribution < 1.29 is 57.2 Å². The molecule has 3 aromatic carbocycles. The van der Waals surface area contributed by atoms with Gasteiger partial charge in [-0.3, -0.25) is 19.2 Å². The van der Waals surface area contributed by atoms with Crippen molar-refractivity contribution in [2.45, 2.75) is 135 Å². The molecule has 13 nitrogen and oxygen atoms in total. The topological polar surface area (TPSA) is 181 Å². The Morgan fingerprint density at radius 3 is 1.95 bits per heavy atom. The average molecular weight is 922 g/mol. The summed E-state index contributed by atoms with van der Waals surface area (Å²) >= 11 is 0. The molecule has 352 valence electrons. The van der Waals surface area contributed by atoms with E-state index in [1.807, 2.05) is 39.9 Å². The Hall–Kier alpha value is -5.28. The van der Waals surface area contributed by atoms with E-state index in [4.69, 9.17) is 23.4 Å². The van der Waals surface area contributed by atoms with Crippen LogP contribution in [0.5, 0.6) is 0 Å². The number of rotatable bonds is 11. The van der Waals surface area contributed by atoms with Crippen LogP contribution in [0, 0.1) is 22.7 Å². The van der Waals surface area contributed by atoms with Crippen molar-refractivity contribution in [2.24, 2.45) is 22.7 Å². The number of ketones is 2. The maximum atomic E-state index is 15.3. The number of fused-ring (bicyclic) bond motifs is 5. The summed E-state index contributed by atoms with van der Waals surface area (Å²) in [5.74, 6) is -6.50. The molecule has 4 aliphatic rings. The Kier molecular flexibility index (Phi) is 12.8. The van der Waals surface area contributed by atoms with Gasteiger partial charge in [0.05, 0.1) is 24.1 Å². The Balaban J connectivity index is 1.40. The van der Waals surface area contributed by atoms with Crippen molar-refractivity contribution >= 4 is 43.7 Å². The van der Waals surface area contributed by atoms with Gasteiger partial charge < -0.3 is 33.8 Å². The first kappa shape index (κ1) is 48.6. The minimum Gasteiger partial charge on any atom is -0.456 e. The number of carbonyl (C=O) groups excluding carboxylic acids is 6. The summed E-state index contributed by atoms with van der Waals surface area (Å²) in [4.78, 5) is 87.3. The van der Waals surface area contributed by atoms with Crippen LogP contribution in [0.25, 0.3) is 0 Å². The first-order valence-electron chi connectivity index (χ1n) is 22.7. The summed E-state index contributed by atoms with van der Waals surface area (Å²) in [6, 6.07) is 24.6. The standard InChI is InChI=1S/C52H63NO12Si/c1-30-27-37-51(29-61-37,64-32(3)54)42-44(63-46(58)35-25-19-14-20-26-35)52(60)28-36(31(2)38(49(52,7)8)40(55)43(56)50(30,42)9)62-47(59)41(65-66(10,11)48(4,5)6)39(33-21-15-12-16-22-33)53-45(57)34-23-17-13-18-24-34/h12-26,30,36-37,39,41-42,44,60H,27-29H2,1-11H3,(H,53,57)/t30-,36-,37+,39-,41?,42-,44-,50+,51-,52+/m0/s1. The van der Waals surface area contributed by atoms with Gasteiger partial charge in [0, 0.05) is 35.3 Å². The Labute approximate surface area is 388 Å². The van der Waals surface area contributed by atoms with Crippen LogP contribution in [-0.4, -0.2) is 91.0 Å². The SMILES string of the molecule is CC(=O)O[C@@]12CO[C@@H]1C[C@H](C)[C@@]1(C)C(=O)C(=O)C3=C(C)[C@@H](OC(=O)C(O[Si](C)(C)C(C)(C)C)[C@@H](NC(=O)c4ccccc4)c4ccccc4)C[C@@](O)([C@@H](OC(=O)c4ccccc4)[C@H]21)C3(C)C. The lowest BCUT2D eigenvalue weighted by atomic mass is 9.43. The summed E-state index contributed by atoms with van der Waals surface area (Å²) < 4.78 is 32.3. The zero-order chi connectivity index (χ0) is 48.4. The number of hydrogen-bond acceptors (Lipinski definition) is 12. The quantitative estimate of drug-likeness (QED) is 0.0831. The van der Waals surface area contributed by atoms with Gasteiger partial charge >= 0.3 is 17.9 Å². The van der Waals surface area contributed by atoms with E-state index < -0.39 is 119 Å². The highest BCUT2D eigenvalue weighted by Crippen LogP contribution is 2.65. The van der Waals surface area contributed by atoms with Gasteiger partial charge in [-0.1, -0.05) is 115 Å². The van der Waals surface area contributed by atoms with E-state index in [1.54, 1.807) is 120 Å². The number of carbonyl (C=O) groups is 6. The number of amides is 1. The molecule has 1 unspecified atom stereocenters.